The number of anilines is 1. The quantitative estimate of drug-likeness (QED) is 0.667. The summed E-state index contributed by atoms with van der Waals surface area (Å²) in [5.74, 6) is 1.39. The Morgan fingerprint density at radius 1 is 1.00 bits per heavy atom. The summed E-state index contributed by atoms with van der Waals surface area (Å²) in [4.78, 5) is 39.5. The average Bonchev–Trinajstić information content (AvgIpc) is 3.19. The van der Waals surface area contributed by atoms with E-state index in [2.05, 4.69) is 21.9 Å². The van der Waals surface area contributed by atoms with Crippen molar-refractivity contribution < 1.29 is 19.1 Å². The highest BCUT2D eigenvalue weighted by molar-refractivity contribution is 6.03. The first kappa shape index (κ1) is 21.2. The fourth-order valence-electron chi connectivity index (χ4n) is 4.40. The Kier molecular flexibility index (Phi) is 5.90. The highest BCUT2D eigenvalue weighted by Gasteiger charge is 2.51. The molecule has 0 aromatic heterocycles. The second-order valence-corrected chi connectivity index (χ2v) is 7.94. The van der Waals surface area contributed by atoms with E-state index in [0.29, 0.717) is 13.2 Å². The molecule has 2 saturated heterocycles. The number of carbonyl (C=O) groups is 2. The van der Waals surface area contributed by atoms with Crippen LogP contribution in [0.15, 0.2) is 29.3 Å². The van der Waals surface area contributed by atoms with Gasteiger partial charge in [0.1, 0.15) is 5.75 Å². The molecule has 31 heavy (non-hydrogen) atoms. The molecule has 168 valence electrons. The largest absolute Gasteiger partial charge is 0.497 e. The fourth-order valence-corrected chi connectivity index (χ4v) is 4.40. The monoisotopic (exact) mass is 430 g/mol. The van der Waals surface area contributed by atoms with Crippen molar-refractivity contribution in [2.45, 2.75) is 12.2 Å². The van der Waals surface area contributed by atoms with Crippen molar-refractivity contribution >= 4 is 23.6 Å². The molecule has 2 atom stereocenters. The van der Waals surface area contributed by atoms with Gasteiger partial charge in [-0.2, -0.15) is 0 Å². The number of imide groups is 1. The SMILES string of the molecule is COCCN1C(N2CCN(c3ccc(OC)cc3)CC2)=NC2C1C(=O)N(C)C(=O)N2C. The zero-order chi connectivity index (χ0) is 22.1. The number of hydrogen-bond donors (Lipinski definition) is 0. The number of guanidine groups is 1. The van der Waals surface area contributed by atoms with Gasteiger partial charge in [-0.15, -0.1) is 0 Å². The number of amides is 3. The summed E-state index contributed by atoms with van der Waals surface area (Å²) in [5.41, 5.74) is 1.15. The predicted octanol–water partition coefficient (Wildman–Crippen LogP) is 0.354. The van der Waals surface area contributed by atoms with Crippen LogP contribution in [-0.4, -0.2) is 117 Å². The Hall–Kier alpha value is -3.01. The molecule has 0 bridgehead atoms. The Balaban J connectivity index is 1.51. The molecule has 0 aliphatic carbocycles. The Morgan fingerprint density at radius 3 is 2.26 bits per heavy atom. The van der Waals surface area contributed by atoms with E-state index >= 15 is 0 Å². The van der Waals surface area contributed by atoms with Crippen LogP contribution < -0.4 is 9.64 Å². The molecular weight excluding hydrogens is 400 g/mol. The van der Waals surface area contributed by atoms with Crippen molar-refractivity contribution in [1.82, 2.24) is 19.6 Å². The van der Waals surface area contributed by atoms with Gasteiger partial charge in [-0.1, -0.05) is 0 Å². The number of ether oxygens (including phenoxy) is 2. The predicted molar refractivity (Wildman–Crippen MR) is 116 cm³/mol. The number of aliphatic imine (C=N–C) groups is 1. The molecule has 0 spiro atoms. The molecule has 1 aromatic carbocycles. The van der Waals surface area contributed by atoms with Gasteiger partial charge < -0.3 is 29.1 Å². The number of methoxy groups -OCH3 is 2. The van der Waals surface area contributed by atoms with Gasteiger partial charge in [-0.25, -0.2) is 9.79 Å². The molecule has 3 amide bonds. The minimum Gasteiger partial charge on any atom is -0.497 e. The third-order valence-electron chi connectivity index (χ3n) is 6.23. The van der Waals surface area contributed by atoms with Gasteiger partial charge in [-0.3, -0.25) is 9.69 Å². The molecule has 10 nitrogen and oxygen atoms in total. The van der Waals surface area contributed by atoms with Crippen LogP contribution in [0.25, 0.3) is 0 Å². The molecule has 0 radical (unpaired) electrons. The summed E-state index contributed by atoms with van der Waals surface area (Å²) >= 11 is 0. The van der Waals surface area contributed by atoms with Crippen LogP contribution in [-0.2, 0) is 9.53 Å². The Labute approximate surface area is 182 Å². The number of nitrogens with zero attached hydrogens (tertiary/aromatic N) is 6. The van der Waals surface area contributed by atoms with E-state index in [0.717, 1.165) is 43.6 Å². The molecule has 0 N–H and O–H groups in total. The van der Waals surface area contributed by atoms with Crippen molar-refractivity contribution in [3.05, 3.63) is 24.3 Å². The summed E-state index contributed by atoms with van der Waals surface area (Å²) in [6.45, 7) is 4.23. The molecule has 3 heterocycles. The van der Waals surface area contributed by atoms with Gasteiger partial charge in [0, 0.05) is 59.6 Å². The van der Waals surface area contributed by atoms with Crippen LogP contribution >= 0.6 is 0 Å². The topological polar surface area (TPSA) is 81.2 Å². The van der Waals surface area contributed by atoms with Crippen molar-refractivity contribution in [2.24, 2.45) is 4.99 Å². The number of benzene rings is 1. The van der Waals surface area contributed by atoms with Crippen molar-refractivity contribution in [3.8, 4) is 5.75 Å². The van der Waals surface area contributed by atoms with Crippen LogP contribution in [0, 0.1) is 0 Å². The Morgan fingerprint density at radius 2 is 1.65 bits per heavy atom. The summed E-state index contributed by atoms with van der Waals surface area (Å²) in [7, 11) is 6.53. The maximum Gasteiger partial charge on any atom is 0.328 e. The van der Waals surface area contributed by atoms with Gasteiger partial charge in [-0.05, 0) is 24.3 Å². The number of rotatable bonds is 5. The lowest BCUT2D eigenvalue weighted by atomic mass is 10.1. The molecule has 1 aromatic rings. The van der Waals surface area contributed by atoms with Crippen LogP contribution in [0.1, 0.15) is 0 Å². The maximum absolute atomic E-state index is 12.9. The lowest BCUT2D eigenvalue weighted by Crippen LogP contribution is -2.65. The number of fused-ring (bicyclic) bond motifs is 1. The minimum atomic E-state index is -0.516. The van der Waals surface area contributed by atoms with E-state index in [1.165, 1.54) is 11.9 Å². The lowest BCUT2D eigenvalue weighted by molar-refractivity contribution is -0.136. The molecule has 0 saturated carbocycles. The summed E-state index contributed by atoms with van der Waals surface area (Å²) < 4.78 is 10.5. The van der Waals surface area contributed by atoms with Gasteiger partial charge >= 0.3 is 6.03 Å². The van der Waals surface area contributed by atoms with Gasteiger partial charge in [0.2, 0.25) is 0 Å². The van der Waals surface area contributed by atoms with E-state index in [1.807, 2.05) is 17.0 Å². The molecule has 2 unspecified atom stereocenters. The van der Waals surface area contributed by atoms with E-state index in [9.17, 15) is 9.59 Å². The van der Waals surface area contributed by atoms with Gasteiger partial charge in [0.25, 0.3) is 5.91 Å². The maximum atomic E-state index is 12.9. The first-order valence-corrected chi connectivity index (χ1v) is 10.5. The fraction of sp³-hybridized carbons (Fsp3) is 0.571. The highest BCUT2D eigenvalue weighted by atomic mass is 16.5. The van der Waals surface area contributed by atoms with E-state index in [1.54, 1.807) is 26.2 Å². The van der Waals surface area contributed by atoms with Crippen molar-refractivity contribution in [2.75, 3.05) is 72.5 Å². The third-order valence-corrected chi connectivity index (χ3v) is 6.23. The molecule has 10 heteroatoms. The van der Waals surface area contributed by atoms with Crippen LogP contribution in [0.5, 0.6) is 5.75 Å². The first-order valence-electron chi connectivity index (χ1n) is 10.5. The van der Waals surface area contributed by atoms with Crippen molar-refractivity contribution in [1.29, 1.82) is 0 Å². The third kappa shape index (κ3) is 3.76. The summed E-state index contributed by atoms with van der Waals surface area (Å²) in [6.07, 6.45) is -0.511. The number of piperazine rings is 1. The van der Waals surface area contributed by atoms with E-state index < -0.39 is 12.2 Å². The van der Waals surface area contributed by atoms with Crippen molar-refractivity contribution in [3.63, 3.8) is 0 Å². The molecule has 4 rings (SSSR count). The van der Waals surface area contributed by atoms with E-state index in [4.69, 9.17) is 14.5 Å². The lowest BCUT2D eigenvalue weighted by Gasteiger charge is -2.42. The Bertz CT molecular complexity index is 852. The summed E-state index contributed by atoms with van der Waals surface area (Å²) in [6, 6.07) is 7.22. The number of carbonyl (C=O) groups excluding carboxylic acids is 2. The highest BCUT2D eigenvalue weighted by Crippen LogP contribution is 2.29. The number of hydrogen-bond acceptors (Lipinski definition) is 8. The smallest absolute Gasteiger partial charge is 0.328 e. The zero-order valence-corrected chi connectivity index (χ0v) is 18.5. The minimum absolute atomic E-state index is 0.222. The molecule has 3 aliphatic heterocycles. The standard InChI is InChI=1S/C21H30N6O4/c1-23-18-17(19(28)24(2)21(23)29)27(13-14-30-3)20(22-18)26-11-9-25(10-12-26)15-5-7-16(31-4)8-6-15/h5-8,17-18H,9-14H2,1-4H3. The van der Waals surface area contributed by atoms with E-state index in [-0.39, 0.29) is 11.9 Å². The molecule has 2 fully saturated rings. The van der Waals surface area contributed by atoms with Crippen LogP contribution in [0.3, 0.4) is 0 Å². The second-order valence-electron chi connectivity index (χ2n) is 7.94. The molecular formula is C21H30N6O4. The first-order chi connectivity index (χ1) is 15.0. The van der Waals surface area contributed by atoms with Crippen LogP contribution in [0.2, 0.25) is 0 Å². The summed E-state index contributed by atoms with van der Waals surface area (Å²) in [5, 5.41) is 0. The van der Waals surface area contributed by atoms with Crippen LogP contribution in [0.4, 0.5) is 10.5 Å². The average molecular weight is 431 g/mol. The van der Waals surface area contributed by atoms with Gasteiger partial charge in [0.15, 0.2) is 18.2 Å². The van der Waals surface area contributed by atoms with Gasteiger partial charge in [0.05, 0.1) is 13.7 Å². The molecule has 3 aliphatic rings. The normalized spacial score (nSPS) is 24.0. The second kappa shape index (κ2) is 8.62. The zero-order valence-electron chi connectivity index (χ0n) is 18.5. The number of urea groups is 1. The number of likely N-dealkylation sites (N-methyl/N-ethyl adjacent to an activating group) is 2.